The quantitative estimate of drug-likeness (QED) is 0.792. The molecule has 0 aliphatic heterocycles. The summed E-state index contributed by atoms with van der Waals surface area (Å²) in [5, 5.41) is 6.45. The fourth-order valence-corrected chi connectivity index (χ4v) is 3.14. The van der Waals surface area contributed by atoms with Crippen molar-refractivity contribution in [1.29, 1.82) is 0 Å². The first-order valence-electron chi connectivity index (χ1n) is 8.53. The topological polar surface area (TPSA) is 67.4 Å². The third-order valence-electron chi connectivity index (χ3n) is 4.27. The van der Waals surface area contributed by atoms with Crippen LogP contribution in [-0.4, -0.2) is 30.5 Å². The lowest BCUT2D eigenvalue weighted by Gasteiger charge is -2.36. The Morgan fingerprint density at radius 3 is 2.46 bits per heavy atom. The molecule has 1 fully saturated rings. The smallest absolute Gasteiger partial charge is 0.245 e. The van der Waals surface area contributed by atoms with Gasteiger partial charge in [0, 0.05) is 11.6 Å². The zero-order valence-corrected chi connectivity index (χ0v) is 14.8. The molecule has 2 rings (SSSR count). The molecule has 2 N–H and O–H groups in total. The molecule has 0 unspecified atom stereocenters. The average molecular weight is 353 g/mol. The van der Waals surface area contributed by atoms with Crippen molar-refractivity contribution in [1.82, 2.24) is 10.6 Å². The summed E-state index contributed by atoms with van der Waals surface area (Å²) in [5.74, 6) is 0.442. The molecule has 1 aliphatic carbocycles. The van der Waals surface area contributed by atoms with Crippen molar-refractivity contribution in [3.63, 3.8) is 0 Å². The van der Waals surface area contributed by atoms with Crippen LogP contribution in [0.25, 0.3) is 0 Å². The highest BCUT2D eigenvalue weighted by Gasteiger charge is 2.40. The number of hydrogen-bond donors (Lipinski definition) is 2. The van der Waals surface area contributed by atoms with E-state index >= 15 is 0 Å². The second kappa shape index (κ2) is 8.92. The number of hydrogen-bond acceptors (Lipinski definition) is 3. The van der Waals surface area contributed by atoms with E-state index in [1.807, 2.05) is 6.92 Å². The van der Waals surface area contributed by atoms with Gasteiger partial charge in [-0.1, -0.05) is 30.9 Å². The van der Waals surface area contributed by atoms with Gasteiger partial charge in [-0.15, -0.1) is 0 Å². The van der Waals surface area contributed by atoms with Gasteiger partial charge in [0.25, 0.3) is 0 Å². The molecule has 1 aliphatic rings. The molecule has 0 heterocycles. The highest BCUT2D eigenvalue weighted by atomic mass is 35.5. The summed E-state index contributed by atoms with van der Waals surface area (Å²) < 4.78 is 5.54. The molecule has 0 bridgehead atoms. The molecule has 0 atom stereocenters. The third kappa shape index (κ3) is 5.13. The van der Waals surface area contributed by atoms with Gasteiger partial charge in [-0.3, -0.25) is 9.59 Å². The number of halogens is 1. The number of rotatable bonds is 7. The van der Waals surface area contributed by atoms with Crippen LogP contribution >= 0.6 is 11.6 Å². The Labute approximate surface area is 148 Å². The first kappa shape index (κ1) is 18.6. The predicted molar refractivity (Wildman–Crippen MR) is 94.2 cm³/mol. The van der Waals surface area contributed by atoms with E-state index < -0.39 is 5.54 Å². The van der Waals surface area contributed by atoms with Crippen LogP contribution in [-0.2, 0) is 9.59 Å². The second-order valence-electron chi connectivity index (χ2n) is 6.10. The van der Waals surface area contributed by atoms with E-state index in [2.05, 4.69) is 10.6 Å². The SMILES string of the molecule is CCNC(=O)C1(NC(=O)CCOc2ccc(Cl)cc2)CCCCC1. The van der Waals surface area contributed by atoms with Gasteiger partial charge in [-0.2, -0.15) is 0 Å². The van der Waals surface area contributed by atoms with Gasteiger partial charge in [0.1, 0.15) is 11.3 Å². The van der Waals surface area contributed by atoms with Crippen LogP contribution in [0, 0.1) is 0 Å². The van der Waals surface area contributed by atoms with Crippen molar-refractivity contribution in [2.45, 2.75) is 51.0 Å². The minimum absolute atomic E-state index is 0.0725. The van der Waals surface area contributed by atoms with Gasteiger partial charge in [-0.25, -0.2) is 0 Å². The maximum Gasteiger partial charge on any atom is 0.245 e. The maximum absolute atomic E-state index is 12.4. The number of carbonyl (C=O) groups excluding carboxylic acids is 2. The molecule has 132 valence electrons. The van der Waals surface area contributed by atoms with E-state index in [4.69, 9.17) is 16.3 Å². The van der Waals surface area contributed by atoms with Gasteiger partial charge in [0.05, 0.1) is 13.0 Å². The lowest BCUT2D eigenvalue weighted by atomic mass is 9.80. The molecule has 1 aromatic carbocycles. The van der Waals surface area contributed by atoms with E-state index in [1.165, 1.54) is 0 Å². The van der Waals surface area contributed by atoms with Crippen LogP contribution in [0.4, 0.5) is 0 Å². The molecule has 1 aromatic rings. The molecule has 0 spiro atoms. The monoisotopic (exact) mass is 352 g/mol. The summed E-state index contributed by atoms with van der Waals surface area (Å²) in [6.07, 6.45) is 4.63. The van der Waals surface area contributed by atoms with Gasteiger partial charge in [0.2, 0.25) is 11.8 Å². The molecule has 0 saturated heterocycles. The predicted octanol–water partition coefficient (Wildman–Crippen LogP) is 3.06. The van der Waals surface area contributed by atoms with Gasteiger partial charge < -0.3 is 15.4 Å². The lowest BCUT2D eigenvalue weighted by Crippen LogP contribution is -2.59. The summed E-state index contributed by atoms with van der Waals surface area (Å²) in [4.78, 5) is 24.7. The summed E-state index contributed by atoms with van der Waals surface area (Å²) >= 11 is 5.82. The lowest BCUT2D eigenvalue weighted by molar-refractivity contribution is -0.135. The number of ether oxygens (including phenoxy) is 1. The molecule has 0 radical (unpaired) electrons. The fraction of sp³-hybridized carbons (Fsp3) is 0.556. The van der Waals surface area contributed by atoms with Crippen LogP contribution in [0.3, 0.4) is 0 Å². The third-order valence-corrected chi connectivity index (χ3v) is 4.52. The van der Waals surface area contributed by atoms with E-state index in [0.29, 0.717) is 30.2 Å². The number of likely N-dealkylation sites (N-methyl/N-ethyl adjacent to an activating group) is 1. The summed E-state index contributed by atoms with van der Waals surface area (Å²) in [5.41, 5.74) is -0.758. The zero-order chi connectivity index (χ0) is 17.4. The Morgan fingerprint density at radius 2 is 1.83 bits per heavy atom. The van der Waals surface area contributed by atoms with Gasteiger partial charge >= 0.3 is 0 Å². The molecule has 5 nitrogen and oxygen atoms in total. The van der Waals surface area contributed by atoms with Crippen LogP contribution in [0.15, 0.2) is 24.3 Å². The summed E-state index contributed by atoms with van der Waals surface area (Å²) in [6.45, 7) is 2.71. The maximum atomic E-state index is 12.4. The van der Waals surface area contributed by atoms with E-state index in [-0.39, 0.29) is 24.8 Å². The number of amides is 2. The van der Waals surface area contributed by atoms with E-state index in [0.717, 1.165) is 19.3 Å². The Morgan fingerprint density at radius 1 is 1.17 bits per heavy atom. The molecule has 24 heavy (non-hydrogen) atoms. The Bertz CT molecular complexity index is 554. The van der Waals surface area contributed by atoms with Crippen LogP contribution in [0.2, 0.25) is 5.02 Å². The van der Waals surface area contributed by atoms with Crippen molar-refractivity contribution in [2.24, 2.45) is 0 Å². The fourth-order valence-electron chi connectivity index (χ4n) is 3.02. The van der Waals surface area contributed by atoms with E-state index in [1.54, 1.807) is 24.3 Å². The zero-order valence-electron chi connectivity index (χ0n) is 14.1. The molecule has 1 saturated carbocycles. The minimum atomic E-state index is -0.758. The number of nitrogens with one attached hydrogen (secondary N) is 2. The molecular formula is C18H25ClN2O3. The molecule has 6 heteroatoms. The average Bonchev–Trinajstić information content (AvgIpc) is 2.58. The Kier molecular flexibility index (Phi) is 6.91. The normalized spacial score (nSPS) is 16.2. The highest BCUT2D eigenvalue weighted by molar-refractivity contribution is 6.30. The standard InChI is InChI=1S/C18H25ClN2O3/c1-2-20-17(23)18(11-4-3-5-12-18)21-16(22)10-13-24-15-8-6-14(19)7-9-15/h6-9H,2-5,10-13H2,1H3,(H,20,23)(H,21,22). The van der Waals surface area contributed by atoms with Crippen molar-refractivity contribution < 1.29 is 14.3 Å². The minimum Gasteiger partial charge on any atom is -0.493 e. The first-order valence-corrected chi connectivity index (χ1v) is 8.91. The highest BCUT2D eigenvalue weighted by Crippen LogP contribution is 2.28. The van der Waals surface area contributed by atoms with Crippen molar-refractivity contribution in [2.75, 3.05) is 13.2 Å². The van der Waals surface area contributed by atoms with Gasteiger partial charge in [-0.05, 0) is 44.0 Å². The van der Waals surface area contributed by atoms with Crippen molar-refractivity contribution in [3.05, 3.63) is 29.3 Å². The molecule has 2 amide bonds. The molecular weight excluding hydrogens is 328 g/mol. The molecule has 0 aromatic heterocycles. The van der Waals surface area contributed by atoms with Crippen LogP contribution in [0.1, 0.15) is 45.4 Å². The van der Waals surface area contributed by atoms with Crippen LogP contribution in [0.5, 0.6) is 5.75 Å². The summed E-state index contributed by atoms with van der Waals surface area (Å²) in [7, 11) is 0. The summed E-state index contributed by atoms with van der Waals surface area (Å²) in [6, 6.07) is 7.00. The van der Waals surface area contributed by atoms with Crippen molar-refractivity contribution >= 4 is 23.4 Å². The van der Waals surface area contributed by atoms with E-state index in [9.17, 15) is 9.59 Å². The van der Waals surface area contributed by atoms with Gasteiger partial charge in [0.15, 0.2) is 0 Å². The number of benzene rings is 1. The first-order chi connectivity index (χ1) is 11.6. The van der Waals surface area contributed by atoms with Crippen LogP contribution < -0.4 is 15.4 Å². The largest absolute Gasteiger partial charge is 0.493 e. The Balaban J connectivity index is 1.85. The number of carbonyl (C=O) groups is 2. The Hall–Kier alpha value is -1.75. The second-order valence-corrected chi connectivity index (χ2v) is 6.54. The van der Waals surface area contributed by atoms with Crippen molar-refractivity contribution in [3.8, 4) is 5.75 Å².